The monoisotopic (exact) mass is 452 g/mol. The fraction of sp³-hybridized carbons (Fsp3) is 0.500. The van der Waals surface area contributed by atoms with Crippen LogP contribution in [0, 0.1) is 5.92 Å². The number of hydrogen-bond donors (Lipinski definition) is 1. The summed E-state index contributed by atoms with van der Waals surface area (Å²) in [6, 6.07) is 5.61. The van der Waals surface area contributed by atoms with Crippen LogP contribution in [0.5, 0.6) is 0 Å². The van der Waals surface area contributed by atoms with Gasteiger partial charge in [0.25, 0.3) is 0 Å². The van der Waals surface area contributed by atoms with Crippen molar-refractivity contribution in [3.8, 4) is 0 Å². The molecule has 0 aliphatic carbocycles. The molecule has 7 heteroatoms. The molecule has 0 bridgehead atoms. The number of nitrogens with one attached hydrogen (secondary N) is 1. The molecule has 1 N–H and O–H groups in total. The van der Waals surface area contributed by atoms with Gasteiger partial charge in [0.1, 0.15) is 17.3 Å². The zero-order valence-electron chi connectivity index (χ0n) is 20.5. The normalized spacial score (nSPS) is 16.9. The van der Waals surface area contributed by atoms with E-state index in [9.17, 15) is 9.59 Å². The minimum absolute atomic E-state index is 0.0261. The van der Waals surface area contributed by atoms with Gasteiger partial charge in [0.2, 0.25) is 5.91 Å². The quantitative estimate of drug-likeness (QED) is 0.596. The van der Waals surface area contributed by atoms with E-state index in [1.165, 1.54) is 6.92 Å². The fourth-order valence-electron chi connectivity index (χ4n) is 4.01. The summed E-state index contributed by atoms with van der Waals surface area (Å²) < 4.78 is 6.38. The van der Waals surface area contributed by atoms with E-state index < -0.39 is 0 Å². The fourth-order valence-corrected chi connectivity index (χ4v) is 4.01. The lowest BCUT2D eigenvalue weighted by Crippen LogP contribution is -2.28. The highest BCUT2D eigenvalue weighted by Gasteiger charge is 2.22. The van der Waals surface area contributed by atoms with Crippen LogP contribution in [0.3, 0.4) is 0 Å². The molecule has 2 aromatic heterocycles. The van der Waals surface area contributed by atoms with Gasteiger partial charge in [-0.15, -0.1) is 0 Å². The van der Waals surface area contributed by atoms with Gasteiger partial charge in [0.05, 0.1) is 12.1 Å². The number of amides is 1. The Kier molecular flexibility index (Phi) is 8.58. The molecule has 3 rings (SSSR count). The number of anilines is 1. The van der Waals surface area contributed by atoms with E-state index in [2.05, 4.69) is 47.1 Å². The van der Waals surface area contributed by atoms with Gasteiger partial charge >= 0.3 is 0 Å². The van der Waals surface area contributed by atoms with Crippen molar-refractivity contribution in [1.29, 1.82) is 0 Å². The molecular weight excluding hydrogens is 416 g/mol. The molecule has 7 nitrogen and oxygen atoms in total. The third-order valence-electron chi connectivity index (χ3n) is 6.07. The van der Waals surface area contributed by atoms with Crippen LogP contribution in [-0.2, 0) is 11.3 Å². The second kappa shape index (κ2) is 11.4. The van der Waals surface area contributed by atoms with Crippen LogP contribution < -0.4 is 5.32 Å². The van der Waals surface area contributed by atoms with E-state index in [0.717, 1.165) is 55.9 Å². The molecule has 178 valence electrons. The van der Waals surface area contributed by atoms with Crippen molar-refractivity contribution < 1.29 is 14.0 Å². The number of carbonyl (C=O) groups is 2. The Morgan fingerprint density at radius 1 is 1.21 bits per heavy atom. The maximum absolute atomic E-state index is 12.6. The van der Waals surface area contributed by atoms with E-state index in [4.69, 9.17) is 4.42 Å². The van der Waals surface area contributed by atoms with Gasteiger partial charge in [-0.1, -0.05) is 26.3 Å². The molecule has 3 heterocycles. The van der Waals surface area contributed by atoms with Crippen LogP contribution in [-0.4, -0.2) is 59.7 Å². The van der Waals surface area contributed by atoms with Crippen LogP contribution in [0.2, 0.25) is 0 Å². The number of furan rings is 1. The van der Waals surface area contributed by atoms with Crippen molar-refractivity contribution >= 4 is 23.1 Å². The lowest BCUT2D eigenvalue weighted by molar-refractivity contribution is -0.114. The Morgan fingerprint density at radius 2 is 2.00 bits per heavy atom. The van der Waals surface area contributed by atoms with Crippen molar-refractivity contribution in [1.82, 2.24) is 14.8 Å². The van der Waals surface area contributed by atoms with Crippen LogP contribution >= 0.6 is 0 Å². The number of ketones is 1. The summed E-state index contributed by atoms with van der Waals surface area (Å²) in [4.78, 5) is 33.1. The number of rotatable bonds is 8. The molecule has 33 heavy (non-hydrogen) atoms. The first-order valence-electron chi connectivity index (χ1n) is 11.8. The number of carbonyl (C=O) groups excluding carboxylic acids is 2. The first kappa shape index (κ1) is 24.9. The molecule has 1 aliphatic heterocycles. The molecule has 1 atom stereocenters. The first-order chi connectivity index (χ1) is 15.8. The van der Waals surface area contributed by atoms with Crippen molar-refractivity contribution in [2.45, 2.75) is 47.1 Å². The number of allylic oxidation sites excluding steroid dienone is 1. The molecule has 1 aliphatic rings. The van der Waals surface area contributed by atoms with Gasteiger partial charge in [-0.3, -0.25) is 14.5 Å². The minimum Gasteiger partial charge on any atom is -0.459 e. The molecule has 0 saturated carbocycles. The third-order valence-corrected chi connectivity index (χ3v) is 6.07. The predicted octanol–water partition coefficient (Wildman–Crippen LogP) is 4.45. The standard InChI is InChI=1S/C26H36N4O3/c1-6-18(2)14-24(21-8-9-27-25(15-21)28-20(4)32)26-23(19(3)31)16-22(33-26)17-30-11-7-10-29(5)12-13-30/h8-9,14-16,18H,6-7,10-13,17H2,1-5H3,(H,27,28,32). The average molecular weight is 453 g/mol. The first-order valence-corrected chi connectivity index (χ1v) is 11.8. The molecule has 1 saturated heterocycles. The summed E-state index contributed by atoms with van der Waals surface area (Å²) in [5, 5.41) is 2.74. The second-order valence-electron chi connectivity index (χ2n) is 9.02. The lowest BCUT2D eigenvalue weighted by atomic mass is 9.95. The Morgan fingerprint density at radius 3 is 2.70 bits per heavy atom. The van der Waals surface area contributed by atoms with Gasteiger partial charge in [-0.25, -0.2) is 4.98 Å². The van der Waals surface area contributed by atoms with E-state index >= 15 is 0 Å². The third kappa shape index (κ3) is 6.85. The highest BCUT2D eigenvalue weighted by Crippen LogP contribution is 2.32. The second-order valence-corrected chi connectivity index (χ2v) is 9.02. The molecule has 1 amide bonds. The molecule has 2 aromatic rings. The SMILES string of the molecule is CCC(C)C=C(c1ccnc(NC(C)=O)c1)c1oc(CN2CCCN(C)CC2)cc1C(C)=O. The average Bonchev–Trinajstić information content (AvgIpc) is 3.07. The van der Waals surface area contributed by atoms with Gasteiger partial charge < -0.3 is 14.6 Å². The Balaban J connectivity index is 2.00. The maximum Gasteiger partial charge on any atom is 0.222 e. The van der Waals surface area contributed by atoms with E-state index in [0.29, 0.717) is 23.7 Å². The number of likely N-dealkylation sites (N-methyl/N-ethyl adjacent to an activating group) is 1. The lowest BCUT2D eigenvalue weighted by Gasteiger charge is -2.18. The van der Waals surface area contributed by atoms with E-state index in [1.54, 1.807) is 13.1 Å². The van der Waals surface area contributed by atoms with Crippen LogP contribution in [0.15, 0.2) is 34.9 Å². The van der Waals surface area contributed by atoms with Gasteiger partial charge in [0, 0.05) is 31.8 Å². The Labute approximate surface area is 196 Å². The zero-order valence-corrected chi connectivity index (χ0v) is 20.5. The van der Waals surface area contributed by atoms with Crippen molar-refractivity contribution in [3.63, 3.8) is 0 Å². The van der Waals surface area contributed by atoms with E-state index in [-0.39, 0.29) is 17.6 Å². The van der Waals surface area contributed by atoms with Crippen LogP contribution in [0.4, 0.5) is 5.82 Å². The minimum atomic E-state index is -0.181. The number of Topliss-reactive ketones (excluding diaryl/α,β-unsaturated/α-hetero) is 1. The van der Waals surface area contributed by atoms with Crippen molar-refractivity contribution in [2.75, 3.05) is 38.5 Å². The predicted molar refractivity (Wildman–Crippen MR) is 131 cm³/mol. The molecule has 1 unspecified atom stereocenters. The van der Waals surface area contributed by atoms with Crippen molar-refractivity contribution in [2.24, 2.45) is 5.92 Å². The smallest absolute Gasteiger partial charge is 0.222 e. The summed E-state index contributed by atoms with van der Waals surface area (Å²) in [7, 11) is 2.15. The molecule has 0 spiro atoms. The van der Waals surface area contributed by atoms with Crippen molar-refractivity contribution in [3.05, 3.63) is 53.1 Å². The van der Waals surface area contributed by atoms with Gasteiger partial charge in [-0.05, 0) is 63.2 Å². The van der Waals surface area contributed by atoms with Gasteiger partial charge in [-0.2, -0.15) is 0 Å². The molecule has 1 fully saturated rings. The summed E-state index contributed by atoms with van der Waals surface area (Å²) in [5.41, 5.74) is 2.30. The number of aromatic nitrogens is 1. The summed E-state index contributed by atoms with van der Waals surface area (Å²) in [6.45, 7) is 12.1. The number of hydrogen-bond acceptors (Lipinski definition) is 6. The van der Waals surface area contributed by atoms with Crippen LogP contribution in [0.25, 0.3) is 5.57 Å². The van der Waals surface area contributed by atoms with E-state index in [1.807, 2.05) is 18.2 Å². The Bertz CT molecular complexity index is 1010. The highest BCUT2D eigenvalue weighted by molar-refractivity contribution is 6.00. The summed E-state index contributed by atoms with van der Waals surface area (Å²) >= 11 is 0. The largest absolute Gasteiger partial charge is 0.459 e. The number of nitrogens with zero attached hydrogens (tertiary/aromatic N) is 3. The van der Waals surface area contributed by atoms with Crippen LogP contribution in [0.1, 0.15) is 68.0 Å². The molecular formula is C26H36N4O3. The van der Waals surface area contributed by atoms with Gasteiger partial charge in [0.15, 0.2) is 5.78 Å². The number of pyridine rings is 1. The Hall–Kier alpha value is -2.77. The summed E-state index contributed by atoms with van der Waals surface area (Å²) in [6.07, 6.45) is 5.88. The summed E-state index contributed by atoms with van der Waals surface area (Å²) in [5.74, 6) is 1.93. The maximum atomic E-state index is 12.6. The zero-order chi connectivity index (χ0) is 24.0. The topological polar surface area (TPSA) is 78.7 Å². The molecule has 0 radical (unpaired) electrons. The highest BCUT2D eigenvalue weighted by atomic mass is 16.3. The molecule has 0 aromatic carbocycles.